The van der Waals surface area contributed by atoms with Gasteiger partial charge in [0.2, 0.25) is 0 Å². The summed E-state index contributed by atoms with van der Waals surface area (Å²) >= 11 is 0. The molecule has 0 amide bonds. The molecule has 0 radical (unpaired) electrons. The van der Waals surface area contributed by atoms with Gasteiger partial charge in [-0.15, -0.1) is 0 Å². The molecule has 0 aliphatic heterocycles. The molecule has 1 saturated carbocycles. The molecule has 130 valence electrons. The van der Waals surface area contributed by atoms with Crippen LogP contribution in [0.4, 0.5) is 0 Å². The molecule has 23 heavy (non-hydrogen) atoms. The second-order valence-corrected chi connectivity index (χ2v) is 7.03. The minimum atomic E-state index is -0.466. The van der Waals surface area contributed by atoms with Gasteiger partial charge in [-0.05, 0) is 50.3 Å². The Hall–Kier alpha value is -1.06. The van der Waals surface area contributed by atoms with Crippen LogP contribution < -0.4 is 4.74 Å². The zero-order valence-electron chi connectivity index (χ0n) is 14.8. The Bertz CT molecular complexity index is 452. The van der Waals surface area contributed by atoms with Crippen LogP contribution in [0.2, 0.25) is 0 Å². The molecule has 1 aliphatic carbocycles. The second kappa shape index (κ2) is 9.29. The van der Waals surface area contributed by atoms with Gasteiger partial charge in [0, 0.05) is 0 Å². The van der Waals surface area contributed by atoms with Crippen LogP contribution in [-0.2, 0) is 4.74 Å². The van der Waals surface area contributed by atoms with Gasteiger partial charge in [0.05, 0.1) is 19.3 Å². The van der Waals surface area contributed by atoms with Crippen molar-refractivity contribution in [2.75, 3.05) is 7.11 Å². The van der Waals surface area contributed by atoms with Crippen molar-refractivity contribution in [3.05, 3.63) is 29.8 Å². The van der Waals surface area contributed by atoms with Crippen LogP contribution in [0.1, 0.15) is 70.5 Å². The average molecular weight is 320 g/mol. The predicted octanol–water partition coefficient (Wildman–Crippen LogP) is 4.88. The number of ether oxygens (including phenoxy) is 2. The van der Waals surface area contributed by atoms with E-state index in [9.17, 15) is 5.11 Å². The van der Waals surface area contributed by atoms with Gasteiger partial charge in [-0.2, -0.15) is 0 Å². The number of hydrogen-bond acceptors (Lipinski definition) is 3. The molecule has 3 nitrogen and oxygen atoms in total. The van der Waals surface area contributed by atoms with Gasteiger partial charge in [-0.25, -0.2) is 0 Å². The lowest BCUT2D eigenvalue weighted by Crippen LogP contribution is -2.25. The molecule has 0 bridgehead atoms. The van der Waals surface area contributed by atoms with Crippen molar-refractivity contribution in [1.29, 1.82) is 0 Å². The van der Waals surface area contributed by atoms with Gasteiger partial charge in [-0.3, -0.25) is 0 Å². The maximum atomic E-state index is 10.7. The van der Waals surface area contributed by atoms with E-state index in [0.29, 0.717) is 0 Å². The fourth-order valence-electron chi connectivity index (χ4n) is 3.54. The van der Waals surface area contributed by atoms with Crippen molar-refractivity contribution in [2.45, 2.75) is 77.1 Å². The van der Waals surface area contributed by atoms with E-state index in [1.54, 1.807) is 7.11 Å². The molecule has 2 rings (SSSR count). The van der Waals surface area contributed by atoms with Crippen molar-refractivity contribution < 1.29 is 14.6 Å². The standard InChI is InChI=1S/C20H32O3/c1-15(2)23-20(17-10-7-11-18(14-17)22-3)19(21)13-12-16-8-5-4-6-9-16/h7,10-11,14-16,19-21H,4-6,8-9,12-13H2,1-3H3/t19-,20+/m1/s1. The smallest absolute Gasteiger partial charge is 0.119 e. The normalized spacial score (nSPS) is 18.8. The first kappa shape index (κ1) is 18.3. The summed E-state index contributed by atoms with van der Waals surface area (Å²) < 4.78 is 11.3. The molecule has 0 saturated heterocycles. The highest BCUT2D eigenvalue weighted by molar-refractivity contribution is 5.30. The minimum Gasteiger partial charge on any atom is -0.497 e. The molecule has 1 N–H and O–H groups in total. The van der Waals surface area contributed by atoms with E-state index in [1.807, 2.05) is 38.1 Å². The minimum absolute atomic E-state index is 0.0792. The third-order valence-corrected chi connectivity index (χ3v) is 4.79. The molecular weight excluding hydrogens is 288 g/mol. The van der Waals surface area contributed by atoms with Crippen LogP contribution in [-0.4, -0.2) is 24.4 Å². The maximum absolute atomic E-state index is 10.7. The molecular formula is C20H32O3. The first-order chi connectivity index (χ1) is 11.1. The number of benzene rings is 1. The first-order valence-electron chi connectivity index (χ1n) is 9.07. The highest BCUT2D eigenvalue weighted by atomic mass is 16.5. The molecule has 0 aromatic heterocycles. The monoisotopic (exact) mass is 320 g/mol. The summed E-state index contributed by atoms with van der Waals surface area (Å²) in [6.07, 6.45) is 7.95. The summed E-state index contributed by atoms with van der Waals surface area (Å²) in [6.45, 7) is 4.03. The molecule has 3 heteroatoms. The Morgan fingerprint density at radius 1 is 1.17 bits per heavy atom. The summed E-state index contributed by atoms with van der Waals surface area (Å²) in [4.78, 5) is 0. The lowest BCUT2D eigenvalue weighted by atomic mass is 9.84. The fourth-order valence-corrected chi connectivity index (χ4v) is 3.54. The SMILES string of the molecule is COc1cccc([C@H](OC(C)C)[C@H](O)CCC2CCCCC2)c1. The van der Waals surface area contributed by atoms with Crippen LogP contribution in [0.25, 0.3) is 0 Å². The van der Waals surface area contributed by atoms with Crippen LogP contribution in [0, 0.1) is 5.92 Å². The van der Waals surface area contributed by atoms with E-state index in [-0.39, 0.29) is 12.2 Å². The van der Waals surface area contributed by atoms with Gasteiger partial charge >= 0.3 is 0 Å². The van der Waals surface area contributed by atoms with E-state index in [4.69, 9.17) is 9.47 Å². The van der Waals surface area contributed by atoms with Crippen molar-refractivity contribution >= 4 is 0 Å². The Morgan fingerprint density at radius 3 is 2.57 bits per heavy atom. The lowest BCUT2D eigenvalue weighted by Gasteiger charge is -2.28. The number of aliphatic hydroxyl groups excluding tert-OH is 1. The number of methoxy groups -OCH3 is 1. The summed E-state index contributed by atoms with van der Waals surface area (Å²) in [7, 11) is 1.66. The van der Waals surface area contributed by atoms with Crippen molar-refractivity contribution in [1.82, 2.24) is 0 Å². The van der Waals surface area contributed by atoms with Crippen LogP contribution in [0.3, 0.4) is 0 Å². The summed E-state index contributed by atoms with van der Waals surface area (Å²) in [5, 5.41) is 10.7. The van der Waals surface area contributed by atoms with Crippen molar-refractivity contribution in [3.63, 3.8) is 0 Å². The fraction of sp³-hybridized carbons (Fsp3) is 0.700. The third-order valence-electron chi connectivity index (χ3n) is 4.79. The molecule has 0 heterocycles. The lowest BCUT2D eigenvalue weighted by molar-refractivity contribution is -0.0717. The van der Waals surface area contributed by atoms with Crippen molar-refractivity contribution in [2.24, 2.45) is 5.92 Å². The molecule has 1 fully saturated rings. The van der Waals surface area contributed by atoms with Gasteiger partial charge < -0.3 is 14.6 Å². The second-order valence-electron chi connectivity index (χ2n) is 7.03. The van der Waals surface area contributed by atoms with Gasteiger partial charge in [0.15, 0.2) is 0 Å². The molecule has 0 unspecified atom stereocenters. The number of rotatable bonds is 8. The van der Waals surface area contributed by atoms with E-state index in [1.165, 1.54) is 32.1 Å². The highest BCUT2D eigenvalue weighted by Crippen LogP contribution is 2.32. The van der Waals surface area contributed by atoms with Crippen LogP contribution in [0.15, 0.2) is 24.3 Å². The zero-order valence-corrected chi connectivity index (χ0v) is 14.8. The summed E-state index contributed by atoms with van der Waals surface area (Å²) in [5.74, 6) is 1.59. The molecule has 1 aliphatic rings. The number of hydrogen-bond donors (Lipinski definition) is 1. The quantitative estimate of drug-likeness (QED) is 0.741. The van der Waals surface area contributed by atoms with Gasteiger partial charge in [0.1, 0.15) is 11.9 Å². The van der Waals surface area contributed by atoms with E-state index in [0.717, 1.165) is 30.1 Å². The predicted molar refractivity (Wildman–Crippen MR) is 93.8 cm³/mol. The van der Waals surface area contributed by atoms with E-state index >= 15 is 0 Å². The largest absolute Gasteiger partial charge is 0.497 e. The average Bonchev–Trinajstić information content (AvgIpc) is 2.58. The topological polar surface area (TPSA) is 38.7 Å². The highest BCUT2D eigenvalue weighted by Gasteiger charge is 2.25. The molecule has 0 spiro atoms. The number of aliphatic hydroxyl groups is 1. The third kappa shape index (κ3) is 5.82. The maximum Gasteiger partial charge on any atom is 0.119 e. The Kier molecular flexibility index (Phi) is 7.38. The first-order valence-corrected chi connectivity index (χ1v) is 9.07. The van der Waals surface area contributed by atoms with Gasteiger partial charge in [-0.1, -0.05) is 44.2 Å². The molecule has 1 aromatic carbocycles. The van der Waals surface area contributed by atoms with Crippen molar-refractivity contribution in [3.8, 4) is 5.75 Å². The zero-order chi connectivity index (χ0) is 16.7. The van der Waals surface area contributed by atoms with E-state index < -0.39 is 6.10 Å². The van der Waals surface area contributed by atoms with E-state index in [2.05, 4.69) is 0 Å². The van der Waals surface area contributed by atoms with Gasteiger partial charge in [0.25, 0.3) is 0 Å². The van der Waals surface area contributed by atoms with Crippen LogP contribution >= 0.6 is 0 Å². The molecule has 2 atom stereocenters. The Labute approximate surface area is 141 Å². The molecule has 1 aromatic rings. The van der Waals surface area contributed by atoms with Crippen LogP contribution in [0.5, 0.6) is 5.75 Å². The Balaban J connectivity index is 2.00. The summed E-state index contributed by atoms with van der Waals surface area (Å²) in [5.41, 5.74) is 0.995. The summed E-state index contributed by atoms with van der Waals surface area (Å²) in [6, 6.07) is 7.86. The Morgan fingerprint density at radius 2 is 1.91 bits per heavy atom.